The van der Waals surface area contributed by atoms with Gasteiger partial charge in [0.2, 0.25) is 0 Å². The van der Waals surface area contributed by atoms with Crippen molar-refractivity contribution in [1.29, 1.82) is 0 Å². The van der Waals surface area contributed by atoms with Crippen molar-refractivity contribution < 1.29 is 14.6 Å². The minimum Gasteiger partial charge on any atom is -0.497 e. The Bertz CT molecular complexity index is 505. The van der Waals surface area contributed by atoms with Crippen LogP contribution in [0, 0.1) is 0 Å². The van der Waals surface area contributed by atoms with E-state index in [1.54, 1.807) is 7.11 Å². The molecule has 1 aliphatic carbocycles. The first-order valence-electron chi connectivity index (χ1n) is 6.48. The molecule has 0 heterocycles. The lowest BCUT2D eigenvalue weighted by Crippen LogP contribution is -2.54. The number of nitrogens with two attached hydrogens (primary N) is 1. The van der Waals surface area contributed by atoms with E-state index in [1.165, 1.54) is 5.56 Å². The van der Waals surface area contributed by atoms with Crippen molar-refractivity contribution in [2.45, 2.75) is 44.1 Å². The molecule has 1 atom stereocenters. The first kappa shape index (κ1) is 13.9. The zero-order valence-corrected chi connectivity index (χ0v) is 11.7. The average molecular weight is 263 g/mol. The van der Waals surface area contributed by atoms with Gasteiger partial charge in [-0.1, -0.05) is 6.07 Å². The maximum absolute atomic E-state index is 11.3. The molecule has 0 bridgehead atoms. The molecule has 3 N–H and O–H groups in total. The molecule has 104 valence electrons. The number of benzene rings is 1. The zero-order valence-electron chi connectivity index (χ0n) is 11.7. The van der Waals surface area contributed by atoms with Gasteiger partial charge in [0.25, 0.3) is 0 Å². The van der Waals surface area contributed by atoms with Crippen LogP contribution in [0.4, 0.5) is 0 Å². The number of hydrogen-bond acceptors (Lipinski definition) is 3. The largest absolute Gasteiger partial charge is 0.497 e. The van der Waals surface area contributed by atoms with Gasteiger partial charge < -0.3 is 15.6 Å². The third-order valence-corrected chi connectivity index (χ3v) is 4.34. The maximum atomic E-state index is 11.3. The number of rotatable bonds is 4. The number of aryl methyl sites for hydroxylation is 1. The third-order valence-electron chi connectivity index (χ3n) is 4.34. The van der Waals surface area contributed by atoms with Gasteiger partial charge in [0, 0.05) is 11.0 Å². The van der Waals surface area contributed by atoms with E-state index in [2.05, 4.69) is 0 Å². The van der Waals surface area contributed by atoms with Gasteiger partial charge in [0.05, 0.1) is 13.5 Å². The van der Waals surface area contributed by atoms with E-state index >= 15 is 0 Å². The van der Waals surface area contributed by atoms with Crippen LogP contribution in [0.5, 0.6) is 5.75 Å². The van der Waals surface area contributed by atoms with Crippen molar-refractivity contribution in [2.24, 2.45) is 5.73 Å². The second-order valence-corrected chi connectivity index (χ2v) is 5.90. The second-order valence-electron chi connectivity index (χ2n) is 5.90. The Kier molecular flexibility index (Phi) is 3.31. The molecule has 4 nitrogen and oxygen atoms in total. The average Bonchev–Trinajstić information content (AvgIpc) is 2.67. The lowest BCUT2D eigenvalue weighted by Gasteiger charge is -2.41. The van der Waals surface area contributed by atoms with Gasteiger partial charge in [0.15, 0.2) is 0 Å². The predicted octanol–water partition coefficient (Wildman–Crippen LogP) is 2.09. The van der Waals surface area contributed by atoms with Gasteiger partial charge in [-0.3, -0.25) is 4.79 Å². The van der Waals surface area contributed by atoms with Crippen LogP contribution in [-0.2, 0) is 16.6 Å². The molecule has 0 spiro atoms. The summed E-state index contributed by atoms with van der Waals surface area (Å²) in [5.74, 6) is -0.0612. The SMILES string of the molecule is COc1ccc2c(c1)C(CC(=O)O)(C(C)(C)N)CC2. The number of ether oxygens (including phenoxy) is 1. The summed E-state index contributed by atoms with van der Waals surface area (Å²) in [4.78, 5) is 11.3. The van der Waals surface area contributed by atoms with Gasteiger partial charge in [0.1, 0.15) is 5.75 Å². The normalized spacial score (nSPS) is 22.1. The minimum absolute atomic E-state index is 0.0522. The molecule has 19 heavy (non-hydrogen) atoms. The highest BCUT2D eigenvalue weighted by Crippen LogP contribution is 2.48. The predicted molar refractivity (Wildman–Crippen MR) is 73.5 cm³/mol. The fourth-order valence-electron chi connectivity index (χ4n) is 3.17. The molecule has 1 aliphatic rings. The number of carbonyl (C=O) groups is 1. The van der Waals surface area contributed by atoms with Crippen LogP contribution >= 0.6 is 0 Å². The summed E-state index contributed by atoms with van der Waals surface area (Å²) in [6, 6.07) is 5.88. The van der Waals surface area contributed by atoms with E-state index in [1.807, 2.05) is 32.0 Å². The van der Waals surface area contributed by atoms with Gasteiger partial charge in [-0.05, 0) is 49.9 Å². The molecule has 0 amide bonds. The molecule has 0 aliphatic heterocycles. The Morgan fingerprint density at radius 2 is 2.21 bits per heavy atom. The first-order chi connectivity index (χ1) is 8.80. The van der Waals surface area contributed by atoms with E-state index in [-0.39, 0.29) is 6.42 Å². The number of fused-ring (bicyclic) bond motifs is 1. The highest BCUT2D eigenvalue weighted by atomic mass is 16.5. The smallest absolute Gasteiger partial charge is 0.304 e. The summed E-state index contributed by atoms with van der Waals surface area (Å²) in [6.45, 7) is 3.81. The van der Waals surface area contributed by atoms with Gasteiger partial charge in [-0.15, -0.1) is 0 Å². The van der Waals surface area contributed by atoms with Crippen LogP contribution in [0.2, 0.25) is 0 Å². The fourth-order valence-corrected chi connectivity index (χ4v) is 3.17. The Labute approximate surface area is 113 Å². The summed E-state index contributed by atoms with van der Waals surface area (Å²) in [6.07, 6.45) is 1.69. The lowest BCUT2D eigenvalue weighted by atomic mass is 9.66. The number of methoxy groups -OCH3 is 1. The highest BCUT2D eigenvalue weighted by molar-refractivity contribution is 5.70. The molecule has 4 heteroatoms. The van der Waals surface area contributed by atoms with E-state index < -0.39 is 16.9 Å². The van der Waals surface area contributed by atoms with E-state index in [9.17, 15) is 9.90 Å². The van der Waals surface area contributed by atoms with Crippen molar-refractivity contribution >= 4 is 5.97 Å². The molecule has 0 saturated carbocycles. The first-order valence-corrected chi connectivity index (χ1v) is 6.48. The minimum atomic E-state index is -0.811. The summed E-state index contributed by atoms with van der Waals surface area (Å²) < 4.78 is 5.26. The van der Waals surface area contributed by atoms with Crippen molar-refractivity contribution in [1.82, 2.24) is 0 Å². The number of aliphatic carboxylic acids is 1. The van der Waals surface area contributed by atoms with Crippen molar-refractivity contribution in [3.63, 3.8) is 0 Å². The van der Waals surface area contributed by atoms with Crippen LogP contribution < -0.4 is 10.5 Å². The summed E-state index contributed by atoms with van der Waals surface area (Å²) in [5, 5.41) is 9.27. The molecule has 0 saturated heterocycles. The Hall–Kier alpha value is -1.55. The quantitative estimate of drug-likeness (QED) is 0.872. The van der Waals surface area contributed by atoms with Crippen LogP contribution in [-0.4, -0.2) is 23.7 Å². The molecule has 0 aromatic heterocycles. The molecular formula is C15H21NO3. The van der Waals surface area contributed by atoms with Crippen LogP contribution in [0.25, 0.3) is 0 Å². The fraction of sp³-hybridized carbons (Fsp3) is 0.533. The number of carboxylic acid groups (broad SMARTS) is 1. The summed E-state index contributed by atoms with van der Waals surface area (Å²) >= 11 is 0. The molecule has 0 fully saturated rings. The Morgan fingerprint density at radius 3 is 2.74 bits per heavy atom. The lowest BCUT2D eigenvalue weighted by molar-refractivity contribution is -0.139. The molecule has 2 rings (SSSR count). The standard InChI is InChI=1S/C15H21NO3/c1-14(2,16)15(9-13(17)18)7-6-10-4-5-11(19-3)8-12(10)15/h4-5,8H,6-7,9,16H2,1-3H3,(H,17,18). The van der Waals surface area contributed by atoms with Crippen LogP contribution in [0.3, 0.4) is 0 Å². The highest BCUT2D eigenvalue weighted by Gasteiger charge is 2.49. The molecule has 1 aromatic carbocycles. The monoisotopic (exact) mass is 263 g/mol. The topological polar surface area (TPSA) is 72.5 Å². The van der Waals surface area contributed by atoms with Gasteiger partial charge in [-0.2, -0.15) is 0 Å². The van der Waals surface area contributed by atoms with Gasteiger partial charge >= 0.3 is 5.97 Å². The number of hydrogen-bond donors (Lipinski definition) is 2. The summed E-state index contributed by atoms with van der Waals surface area (Å²) in [7, 11) is 1.61. The van der Waals surface area contributed by atoms with Crippen molar-refractivity contribution in [3.05, 3.63) is 29.3 Å². The second kappa shape index (κ2) is 4.53. The molecule has 1 aromatic rings. The third kappa shape index (κ3) is 2.21. The number of carboxylic acids is 1. The molecule has 1 unspecified atom stereocenters. The van der Waals surface area contributed by atoms with E-state index in [4.69, 9.17) is 10.5 Å². The van der Waals surface area contributed by atoms with E-state index in [0.717, 1.165) is 24.2 Å². The van der Waals surface area contributed by atoms with Crippen molar-refractivity contribution in [2.75, 3.05) is 7.11 Å². The Morgan fingerprint density at radius 1 is 1.53 bits per heavy atom. The molecular weight excluding hydrogens is 242 g/mol. The zero-order chi connectivity index (χ0) is 14.3. The maximum Gasteiger partial charge on any atom is 0.304 e. The Balaban J connectivity index is 2.58. The van der Waals surface area contributed by atoms with Crippen LogP contribution in [0.15, 0.2) is 18.2 Å². The van der Waals surface area contributed by atoms with Crippen LogP contribution in [0.1, 0.15) is 37.8 Å². The van der Waals surface area contributed by atoms with Crippen molar-refractivity contribution in [3.8, 4) is 5.75 Å². The molecule has 0 radical (unpaired) electrons. The van der Waals surface area contributed by atoms with E-state index in [0.29, 0.717) is 0 Å². The van der Waals surface area contributed by atoms with Gasteiger partial charge in [-0.25, -0.2) is 0 Å². The summed E-state index contributed by atoms with van der Waals surface area (Å²) in [5.41, 5.74) is 7.42.